The van der Waals surface area contributed by atoms with Crippen molar-refractivity contribution in [2.75, 3.05) is 5.73 Å². The zero-order valence-electron chi connectivity index (χ0n) is 9.28. The molecule has 2 rings (SSSR count). The normalized spacial score (nSPS) is 10.2. The quantitative estimate of drug-likeness (QED) is 0.396. The fourth-order valence-corrected chi connectivity index (χ4v) is 3.43. The van der Waals surface area contributed by atoms with Gasteiger partial charge in [-0.2, -0.15) is 0 Å². The zero-order valence-corrected chi connectivity index (χ0v) is 10.9. The molecule has 0 amide bonds. The summed E-state index contributed by atoms with van der Waals surface area (Å²) in [6.45, 7) is 0. The predicted octanol–water partition coefficient (Wildman–Crippen LogP) is 3.98. The molecule has 4 nitrogen and oxygen atoms in total. The van der Waals surface area contributed by atoms with E-state index >= 15 is 0 Å². The predicted molar refractivity (Wildman–Crippen MR) is 75.7 cm³/mol. The Morgan fingerprint density at radius 3 is 2.44 bits per heavy atom. The Morgan fingerprint density at radius 1 is 1.06 bits per heavy atom. The van der Waals surface area contributed by atoms with Crippen molar-refractivity contribution < 1.29 is 4.92 Å². The van der Waals surface area contributed by atoms with Crippen molar-refractivity contribution >= 4 is 33.0 Å². The summed E-state index contributed by atoms with van der Waals surface area (Å²) in [6.07, 6.45) is 0. The van der Waals surface area contributed by atoms with Gasteiger partial charge in [0.1, 0.15) is 0 Å². The molecule has 0 heterocycles. The van der Waals surface area contributed by atoms with E-state index in [1.54, 1.807) is 12.1 Å². The number of nitrogen functional groups attached to an aromatic ring is 1. The van der Waals surface area contributed by atoms with Crippen molar-refractivity contribution in [1.29, 1.82) is 0 Å². The topological polar surface area (TPSA) is 69.2 Å². The second-order valence-corrected chi connectivity index (χ2v) is 5.71. The molecular weight excluding hydrogens is 268 g/mol. The minimum absolute atomic E-state index is 0.0448. The summed E-state index contributed by atoms with van der Waals surface area (Å²) in [5.41, 5.74) is 6.00. The smallest absolute Gasteiger partial charge is 0.285 e. The number of nitro benzene ring substituents is 1. The molecule has 0 fully saturated rings. The van der Waals surface area contributed by atoms with Crippen LogP contribution in [0.5, 0.6) is 0 Å². The Bertz CT molecular complexity index is 561. The number of nitrogens with zero attached hydrogens (tertiary/aromatic N) is 1. The molecule has 2 aromatic carbocycles. The van der Waals surface area contributed by atoms with Crippen molar-refractivity contribution in [2.45, 2.75) is 9.79 Å². The Morgan fingerprint density at radius 2 is 1.78 bits per heavy atom. The van der Waals surface area contributed by atoms with Gasteiger partial charge in [-0.3, -0.25) is 10.1 Å². The molecule has 0 radical (unpaired) electrons. The highest BCUT2D eigenvalue weighted by Crippen LogP contribution is 2.41. The van der Waals surface area contributed by atoms with Crippen LogP contribution in [-0.2, 0) is 0 Å². The Kier molecular flexibility index (Phi) is 4.11. The van der Waals surface area contributed by atoms with E-state index in [4.69, 9.17) is 5.73 Å². The third kappa shape index (κ3) is 3.18. The fraction of sp³-hybridized carbons (Fsp3) is 0. The number of anilines is 1. The highest BCUT2D eigenvalue weighted by atomic mass is 33.1. The molecule has 0 aromatic heterocycles. The van der Waals surface area contributed by atoms with Crippen LogP contribution in [0.15, 0.2) is 58.3 Å². The number of nitrogens with two attached hydrogens (primary N) is 1. The fourth-order valence-electron chi connectivity index (χ4n) is 1.32. The van der Waals surface area contributed by atoms with E-state index in [1.807, 2.05) is 30.3 Å². The number of rotatable bonds is 4. The lowest BCUT2D eigenvalue weighted by molar-refractivity contribution is -0.387. The van der Waals surface area contributed by atoms with Gasteiger partial charge in [0.15, 0.2) is 0 Å². The molecule has 6 heteroatoms. The first kappa shape index (κ1) is 12.8. The lowest BCUT2D eigenvalue weighted by Gasteiger charge is -2.03. The number of hydrogen-bond donors (Lipinski definition) is 1. The molecule has 0 spiro atoms. The van der Waals surface area contributed by atoms with Crippen LogP contribution in [0.1, 0.15) is 0 Å². The summed E-state index contributed by atoms with van der Waals surface area (Å²) in [5, 5.41) is 10.9. The molecule has 92 valence electrons. The second-order valence-electron chi connectivity index (χ2n) is 3.46. The van der Waals surface area contributed by atoms with Gasteiger partial charge in [-0.25, -0.2) is 0 Å². The summed E-state index contributed by atoms with van der Waals surface area (Å²) in [6, 6.07) is 14.4. The molecule has 2 N–H and O–H groups in total. The van der Waals surface area contributed by atoms with Crippen molar-refractivity contribution in [1.82, 2.24) is 0 Å². The largest absolute Gasteiger partial charge is 0.399 e. The Balaban J connectivity index is 2.17. The Hall–Kier alpha value is -1.66. The molecule has 2 aromatic rings. The second kappa shape index (κ2) is 5.79. The van der Waals surface area contributed by atoms with E-state index in [-0.39, 0.29) is 5.69 Å². The van der Waals surface area contributed by atoms with Crippen LogP contribution in [0, 0.1) is 10.1 Å². The number of nitro groups is 1. The van der Waals surface area contributed by atoms with Crippen molar-refractivity contribution in [3.05, 3.63) is 58.6 Å². The summed E-state index contributed by atoms with van der Waals surface area (Å²) in [7, 11) is 2.84. The maximum absolute atomic E-state index is 10.9. The van der Waals surface area contributed by atoms with Crippen molar-refractivity contribution in [3.8, 4) is 0 Å². The summed E-state index contributed by atoms with van der Waals surface area (Å²) < 4.78 is 0. The van der Waals surface area contributed by atoms with Crippen LogP contribution in [0.2, 0.25) is 0 Å². The van der Waals surface area contributed by atoms with E-state index in [0.717, 1.165) is 4.90 Å². The van der Waals surface area contributed by atoms with Crippen LogP contribution < -0.4 is 5.73 Å². The van der Waals surface area contributed by atoms with Gasteiger partial charge in [0, 0.05) is 16.6 Å². The minimum atomic E-state index is -0.412. The van der Waals surface area contributed by atoms with Crippen molar-refractivity contribution in [3.63, 3.8) is 0 Å². The van der Waals surface area contributed by atoms with E-state index in [9.17, 15) is 10.1 Å². The summed E-state index contributed by atoms with van der Waals surface area (Å²) in [5.74, 6) is 0. The molecule has 0 saturated heterocycles. The van der Waals surface area contributed by atoms with Gasteiger partial charge in [0.05, 0.1) is 9.82 Å². The standard InChI is InChI=1S/C12H10N2O2S2/c13-9-6-7-12(11(8-9)14(15)16)18-17-10-4-2-1-3-5-10/h1-8H,13H2. The molecule has 0 aliphatic rings. The Labute approximate surface area is 112 Å². The van der Waals surface area contributed by atoms with Crippen LogP contribution in [0.4, 0.5) is 11.4 Å². The molecule has 18 heavy (non-hydrogen) atoms. The maximum atomic E-state index is 10.9. The highest BCUT2D eigenvalue weighted by molar-refractivity contribution is 8.76. The van der Waals surface area contributed by atoms with E-state index < -0.39 is 4.92 Å². The highest BCUT2D eigenvalue weighted by Gasteiger charge is 2.14. The van der Waals surface area contributed by atoms with Crippen molar-refractivity contribution in [2.24, 2.45) is 0 Å². The number of hydrogen-bond acceptors (Lipinski definition) is 5. The third-order valence-electron chi connectivity index (χ3n) is 2.15. The lowest BCUT2D eigenvalue weighted by Crippen LogP contribution is -1.92. The molecule has 0 aliphatic carbocycles. The third-order valence-corrected chi connectivity index (χ3v) is 4.59. The van der Waals surface area contributed by atoms with Gasteiger partial charge in [-0.05, 0) is 35.1 Å². The van der Waals surface area contributed by atoms with Crippen LogP contribution in [0.25, 0.3) is 0 Å². The molecule has 0 unspecified atom stereocenters. The minimum Gasteiger partial charge on any atom is -0.399 e. The molecular formula is C12H10N2O2S2. The lowest BCUT2D eigenvalue weighted by atomic mass is 10.3. The number of benzene rings is 2. The zero-order chi connectivity index (χ0) is 13.0. The van der Waals surface area contributed by atoms with E-state index in [1.165, 1.54) is 27.7 Å². The first-order chi connectivity index (χ1) is 8.66. The first-order valence-electron chi connectivity index (χ1n) is 5.10. The van der Waals surface area contributed by atoms with Gasteiger partial charge < -0.3 is 5.73 Å². The molecule has 0 bridgehead atoms. The molecule has 0 atom stereocenters. The molecule has 0 saturated carbocycles. The van der Waals surface area contributed by atoms with E-state index in [2.05, 4.69) is 0 Å². The SMILES string of the molecule is Nc1ccc(SSc2ccccc2)c([N+](=O)[O-])c1. The first-order valence-corrected chi connectivity index (χ1v) is 7.25. The van der Waals surface area contributed by atoms with Gasteiger partial charge in [-0.15, -0.1) is 0 Å². The monoisotopic (exact) mass is 278 g/mol. The van der Waals surface area contributed by atoms with Crippen LogP contribution in [-0.4, -0.2) is 4.92 Å². The van der Waals surface area contributed by atoms with Gasteiger partial charge in [0.2, 0.25) is 0 Å². The van der Waals surface area contributed by atoms with Crippen LogP contribution in [0.3, 0.4) is 0 Å². The average molecular weight is 278 g/mol. The van der Waals surface area contributed by atoms with E-state index in [0.29, 0.717) is 10.6 Å². The summed E-state index contributed by atoms with van der Waals surface area (Å²) in [4.78, 5) is 12.1. The summed E-state index contributed by atoms with van der Waals surface area (Å²) >= 11 is 0. The van der Waals surface area contributed by atoms with Gasteiger partial charge in [0.25, 0.3) is 5.69 Å². The van der Waals surface area contributed by atoms with Crippen LogP contribution >= 0.6 is 21.6 Å². The van der Waals surface area contributed by atoms with Gasteiger partial charge >= 0.3 is 0 Å². The van der Waals surface area contributed by atoms with Gasteiger partial charge in [-0.1, -0.05) is 29.0 Å². The maximum Gasteiger partial charge on any atom is 0.285 e. The molecule has 0 aliphatic heterocycles. The average Bonchev–Trinajstić information content (AvgIpc) is 2.38.